The van der Waals surface area contributed by atoms with Crippen LogP contribution in [0.4, 0.5) is 9.18 Å². The molecule has 7 heteroatoms. The van der Waals surface area contributed by atoms with Gasteiger partial charge in [0, 0.05) is 0 Å². The average molecular weight is 400 g/mol. The standard InChI is InChI=1S/C22H25FN2O4/c1-2-3-13-22(16-9-11-17(23)12-10-16)20(27)25(21(28)24-22)14-18(26)15-29-19-7-5-4-6-8-19/h4-12,18,26H,2-3,13-15H2,1H3,(H,24,28). The first-order valence-corrected chi connectivity index (χ1v) is 9.72. The van der Waals surface area contributed by atoms with Gasteiger partial charge in [0.05, 0.1) is 6.54 Å². The molecule has 2 N–H and O–H groups in total. The lowest BCUT2D eigenvalue weighted by atomic mass is 9.84. The Morgan fingerprint density at radius 2 is 1.83 bits per heavy atom. The van der Waals surface area contributed by atoms with Crippen molar-refractivity contribution in [2.75, 3.05) is 13.2 Å². The van der Waals surface area contributed by atoms with E-state index >= 15 is 0 Å². The minimum absolute atomic E-state index is 0.0560. The topological polar surface area (TPSA) is 78.9 Å². The Bertz CT molecular complexity index is 844. The van der Waals surface area contributed by atoms with E-state index in [1.54, 1.807) is 12.1 Å². The van der Waals surface area contributed by atoms with Crippen LogP contribution in [0.1, 0.15) is 31.7 Å². The van der Waals surface area contributed by atoms with E-state index in [4.69, 9.17) is 4.74 Å². The Balaban J connectivity index is 1.74. The number of urea groups is 1. The second kappa shape index (κ2) is 9.05. The summed E-state index contributed by atoms with van der Waals surface area (Å²) in [6.45, 7) is 1.74. The number of halogens is 1. The number of nitrogens with zero attached hydrogens (tertiary/aromatic N) is 1. The maximum absolute atomic E-state index is 13.4. The molecule has 1 saturated heterocycles. The number of carbonyl (C=O) groups excluding carboxylic acids is 2. The molecule has 1 aliphatic rings. The van der Waals surface area contributed by atoms with Crippen molar-refractivity contribution >= 4 is 11.9 Å². The molecule has 0 saturated carbocycles. The summed E-state index contributed by atoms with van der Waals surface area (Å²) < 4.78 is 18.9. The highest BCUT2D eigenvalue weighted by molar-refractivity contribution is 6.07. The highest BCUT2D eigenvalue weighted by atomic mass is 19.1. The molecule has 2 aromatic carbocycles. The summed E-state index contributed by atoms with van der Waals surface area (Å²) in [5.41, 5.74) is -0.718. The van der Waals surface area contributed by atoms with Crippen molar-refractivity contribution in [1.29, 1.82) is 0 Å². The smallest absolute Gasteiger partial charge is 0.325 e. The lowest BCUT2D eigenvalue weighted by Gasteiger charge is -2.27. The van der Waals surface area contributed by atoms with Crippen molar-refractivity contribution in [3.63, 3.8) is 0 Å². The van der Waals surface area contributed by atoms with E-state index in [0.29, 0.717) is 24.2 Å². The van der Waals surface area contributed by atoms with Gasteiger partial charge in [0.15, 0.2) is 0 Å². The third-order valence-corrected chi connectivity index (χ3v) is 5.00. The van der Waals surface area contributed by atoms with Crippen LogP contribution in [0.15, 0.2) is 54.6 Å². The Labute approximate surface area is 169 Å². The SMILES string of the molecule is CCCCC1(c2ccc(F)cc2)NC(=O)N(CC(O)COc2ccccc2)C1=O. The molecule has 0 aliphatic carbocycles. The average Bonchev–Trinajstić information content (AvgIpc) is 2.97. The van der Waals surface area contributed by atoms with Gasteiger partial charge in [-0.05, 0) is 36.2 Å². The summed E-state index contributed by atoms with van der Waals surface area (Å²) in [7, 11) is 0. The molecule has 2 unspecified atom stereocenters. The summed E-state index contributed by atoms with van der Waals surface area (Å²) in [6.07, 6.45) is 0.892. The summed E-state index contributed by atoms with van der Waals surface area (Å²) in [6, 6.07) is 14.0. The fraction of sp³-hybridized carbons (Fsp3) is 0.364. The quantitative estimate of drug-likeness (QED) is 0.634. The molecule has 2 atom stereocenters. The Kier molecular flexibility index (Phi) is 6.49. The first-order valence-electron chi connectivity index (χ1n) is 9.72. The number of nitrogens with one attached hydrogen (secondary N) is 1. The number of amides is 3. The molecule has 0 spiro atoms. The van der Waals surface area contributed by atoms with E-state index in [1.165, 1.54) is 24.3 Å². The molecule has 29 heavy (non-hydrogen) atoms. The molecular formula is C22H25FN2O4. The number of benzene rings is 2. The van der Waals surface area contributed by atoms with Gasteiger partial charge < -0.3 is 15.2 Å². The van der Waals surface area contributed by atoms with Crippen molar-refractivity contribution in [1.82, 2.24) is 10.2 Å². The summed E-state index contributed by atoms with van der Waals surface area (Å²) in [5.74, 6) is -0.268. The van der Waals surface area contributed by atoms with Crippen molar-refractivity contribution in [3.05, 3.63) is 66.0 Å². The van der Waals surface area contributed by atoms with Crippen molar-refractivity contribution in [2.24, 2.45) is 0 Å². The van der Waals surface area contributed by atoms with Crippen LogP contribution in [0.25, 0.3) is 0 Å². The number of carbonyl (C=O) groups is 2. The van der Waals surface area contributed by atoms with E-state index in [2.05, 4.69) is 5.32 Å². The Morgan fingerprint density at radius 3 is 2.48 bits per heavy atom. The van der Waals surface area contributed by atoms with Crippen molar-refractivity contribution < 1.29 is 23.8 Å². The first-order chi connectivity index (χ1) is 14.0. The first kappa shape index (κ1) is 20.8. The normalized spacial score (nSPS) is 19.9. The minimum atomic E-state index is -1.25. The maximum atomic E-state index is 13.4. The third kappa shape index (κ3) is 4.56. The van der Waals surface area contributed by atoms with E-state index in [1.807, 2.05) is 25.1 Å². The number of aliphatic hydroxyl groups is 1. The summed E-state index contributed by atoms with van der Waals surface area (Å²) in [5, 5.41) is 13.1. The van der Waals surface area contributed by atoms with Gasteiger partial charge in [-0.3, -0.25) is 9.69 Å². The molecule has 6 nitrogen and oxygen atoms in total. The number of imide groups is 1. The van der Waals surface area contributed by atoms with E-state index in [-0.39, 0.29) is 13.2 Å². The van der Waals surface area contributed by atoms with Crippen LogP contribution < -0.4 is 10.1 Å². The van der Waals surface area contributed by atoms with Crippen LogP contribution in [-0.2, 0) is 10.3 Å². The number of unbranched alkanes of at least 4 members (excludes halogenated alkanes) is 1. The van der Waals surface area contributed by atoms with Gasteiger partial charge in [-0.15, -0.1) is 0 Å². The van der Waals surface area contributed by atoms with Crippen LogP contribution in [-0.4, -0.2) is 41.2 Å². The number of β-amino-alcohol motifs (C(OH)–C–C–N with tert-alkyl or cyclic N) is 1. The van der Waals surface area contributed by atoms with Gasteiger partial charge in [-0.2, -0.15) is 0 Å². The molecule has 1 fully saturated rings. The van der Waals surface area contributed by atoms with Crippen LogP contribution in [0.5, 0.6) is 5.75 Å². The highest BCUT2D eigenvalue weighted by Gasteiger charge is 2.52. The molecule has 154 valence electrons. The molecule has 0 bridgehead atoms. The largest absolute Gasteiger partial charge is 0.491 e. The molecule has 2 aromatic rings. The lowest BCUT2D eigenvalue weighted by molar-refractivity contribution is -0.133. The van der Waals surface area contributed by atoms with Crippen molar-refractivity contribution in [3.8, 4) is 5.75 Å². The highest BCUT2D eigenvalue weighted by Crippen LogP contribution is 2.34. The van der Waals surface area contributed by atoms with Crippen LogP contribution in [0.2, 0.25) is 0 Å². The van der Waals surface area contributed by atoms with Gasteiger partial charge in [-0.1, -0.05) is 50.1 Å². The maximum Gasteiger partial charge on any atom is 0.325 e. The Morgan fingerprint density at radius 1 is 1.14 bits per heavy atom. The van der Waals surface area contributed by atoms with Crippen LogP contribution in [0, 0.1) is 5.82 Å². The zero-order chi connectivity index (χ0) is 20.9. The predicted octanol–water partition coefficient (Wildman–Crippen LogP) is 3.20. The van der Waals surface area contributed by atoms with Gasteiger partial charge in [0.25, 0.3) is 5.91 Å². The number of hydrogen-bond acceptors (Lipinski definition) is 4. The van der Waals surface area contributed by atoms with Gasteiger partial charge >= 0.3 is 6.03 Å². The van der Waals surface area contributed by atoms with E-state index in [0.717, 1.165) is 11.3 Å². The fourth-order valence-electron chi connectivity index (χ4n) is 3.45. The van der Waals surface area contributed by atoms with E-state index in [9.17, 15) is 19.1 Å². The molecule has 0 radical (unpaired) electrons. The lowest BCUT2D eigenvalue weighted by Crippen LogP contribution is -2.45. The number of rotatable bonds is 9. The molecule has 0 aromatic heterocycles. The molecule has 3 amide bonds. The van der Waals surface area contributed by atoms with E-state index < -0.39 is 29.4 Å². The Hall–Kier alpha value is -2.93. The molecular weight excluding hydrogens is 375 g/mol. The van der Waals surface area contributed by atoms with Crippen LogP contribution >= 0.6 is 0 Å². The van der Waals surface area contributed by atoms with Gasteiger partial charge in [0.2, 0.25) is 0 Å². The van der Waals surface area contributed by atoms with Crippen molar-refractivity contribution in [2.45, 2.75) is 37.8 Å². The fourth-order valence-corrected chi connectivity index (χ4v) is 3.45. The van der Waals surface area contributed by atoms with Crippen LogP contribution in [0.3, 0.4) is 0 Å². The molecule has 1 heterocycles. The number of para-hydroxylation sites is 1. The molecule has 3 rings (SSSR count). The minimum Gasteiger partial charge on any atom is -0.491 e. The number of hydrogen-bond donors (Lipinski definition) is 2. The second-order valence-corrected chi connectivity index (χ2v) is 7.14. The number of ether oxygens (including phenoxy) is 1. The molecule has 1 aliphatic heterocycles. The summed E-state index contributed by atoms with van der Waals surface area (Å²) >= 11 is 0. The summed E-state index contributed by atoms with van der Waals surface area (Å²) in [4.78, 5) is 26.8. The zero-order valence-electron chi connectivity index (χ0n) is 16.3. The van der Waals surface area contributed by atoms with Gasteiger partial charge in [0.1, 0.15) is 29.8 Å². The van der Waals surface area contributed by atoms with Gasteiger partial charge in [-0.25, -0.2) is 9.18 Å². The predicted molar refractivity (Wildman–Crippen MR) is 106 cm³/mol. The monoisotopic (exact) mass is 400 g/mol. The third-order valence-electron chi connectivity index (χ3n) is 5.00. The number of aliphatic hydroxyl groups excluding tert-OH is 1. The zero-order valence-corrected chi connectivity index (χ0v) is 16.3. The second-order valence-electron chi connectivity index (χ2n) is 7.14.